The Hall–Kier alpha value is -1.71. The molecule has 0 saturated heterocycles. The number of carbonyl (C=O) groups is 1. The van der Waals surface area contributed by atoms with Crippen molar-refractivity contribution in [1.29, 1.82) is 0 Å². The first-order valence-corrected chi connectivity index (χ1v) is 4.94. The zero-order valence-corrected chi connectivity index (χ0v) is 8.95. The lowest BCUT2D eigenvalue weighted by molar-refractivity contribution is 0.0939. The van der Waals surface area contributed by atoms with Crippen molar-refractivity contribution in [3.8, 4) is 5.75 Å². The van der Waals surface area contributed by atoms with Gasteiger partial charge in [-0.2, -0.15) is 0 Å². The number of phenolic OH excluding ortho intramolecular Hbond substituents is 1. The summed E-state index contributed by atoms with van der Waals surface area (Å²) in [6.45, 7) is 3.93. The first-order chi connectivity index (χ1) is 7.04. The highest BCUT2D eigenvalue weighted by Crippen LogP contribution is 2.20. The molecule has 15 heavy (non-hydrogen) atoms. The van der Waals surface area contributed by atoms with Gasteiger partial charge in [0.2, 0.25) is 0 Å². The van der Waals surface area contributed by atoms with Crippen LogP contribution in [0.4, 0.5) is 5.69 Å². The van der Waals surface area contributed by atoms with Gasteiger partial charge < -0.3 is 16.2 Å². The Balaban J connectivity index is 2.78. The summed E-state index contributed by atoms with van der Waals surface area (Å²) in [5.41, 5.74) is 6.17. The topological polar surface area (TPSA) is 75.3 Å². The van der Waals surface area contributed by atoms with E-state index in [9.17, 15) is 9.90 Å². The standard InChI is InChI=1S/C11H16N2O2/c1-3-7(2)13-11(15)8-4-5-10(14)9(12)6-8/h4-7,14H,3,12H2,1-2H3,(H,13,15). The van der Waals surface area contributed by atoms with Gasteiger partial charge in [0.05, 0.1) is 5.69 Å². The van der Waals surface area contributed by atoms with E-state index in [1.54, 1.807) is 6.07 Å². The summed E-state index contributed by atoms with van der Waals surface area (Å²) in [5.74, 6) is -0.175. The van der Waals surface area contributed by atoms with Crippen molar-refractivity contribution >= 4 is 11.6 Å². The van der Waals surface area contributed by atoms with Crippen LogP contribution in [0.3, 0.4) is 0 Å². The normalized spacial score (nSPS) is 12.1. The first-order valence-electron chi connectivity index (χ1n) is 4.94. The molecule has 4 nitrogen and oxygen atoms in total. The molecule has 82 valence electrons. The molecule has 0 aliphatic heterocycles. The van der Waals surface area contributed by atoms with Crippen LogP contribution in [0.5, 0.6) is 5.75 Å². The third-order valence-electron chi connectivity index (χ3n) is 2.28. The number of hydrogen-bond donors (Lipinski definition) is 3. The Bertz CT molecular complexity index is 364. The van der Waals surface area contributed by atoms with E-state index >= 15 is 0 Å². The number of amides is 1. The Morgan fingerprint density at radius 2 is 2.27 bits per heavy atom. The summed E-state index contributed by atoms with van der Waals surface area (Å²) in [6, 6.07) is 4.56. The summed E-state index contributed by atoms with van der Waals surface area (Å²) >= 11 is 0. The van der Waals surface area contributed by atoms with Crippen LogP contribution >= 0.6 is 0 Å². The van der Waals surface area contributed by atoms with Crippen LogP contribution in [0, 0.1) is 0 Å². The fourth-order valence-electron chi connectivity index (χ4n) is 1.10. The number of nitrogens with one attached hydrogen (secondary N) is 1. The molecule has 1 aromatic rings. The molecule has 4 heteroatoms. The van der Waals surface area contributed by atoms with Crippen LogP contribution in [0.15, 0.2) is 18.2 Å². The monoisotopic (exact) mass is 208 g/mol. The summed E-state index contributed by atoms with van der Waals surface area (Å²) in [7, 11) is 0. The Morgan fingerprint density at radius 1 is 1.60 bits per heavy atom. The number of aromatic hydroxyl groups is 1. The minimum absolute atomic E-state index is 0.00455. The van der Waals surface area contributed by atoms with Crippen molar-refractivity contribution in [2.75, 3.05) is 5.73 Å². The van der Waals surface area contributed by atoms with Gasteiger partial charge in [-0.25, -0.2) is 0 Å². The van der Waals surface area contributed by atoms with Crippen molar-refractivity contribution in [2.24, 2.45) is 0 Å². The quantitative estimate of drug-likeness (QED) is 0.520. The van der Waals surface area contributed by atoms with Crippen LogP contribution < -0.4 is 11.1 Å². The fraction of sp³-hybridized carbons (Fsp3) is 0.364. The third kappa shape index (κ3) is 2.87. The minimum Gasteiger partial charge on any atom is -0.506 e. The maximum Gasteiger partial charge on any atom is 0.251 e. The van der Waals surface area contributed by atoms with Gasteiger partial charge in [0.15, 0.2) is 0 Å². The largest absolute Gasteiger partial charge is 0.506 e. The maximum atomic E-state index is 11.6. The minimum atomic E-state index is -0.170. The van der Waals surface area contributed by atoms with E-state index in [-0.39, 0.29) is 23.4 Å². The molecule has 0 saturated carbocycles. The van der Waals surface area contributed by atoms with Crippen molar-refractivity contribution in [2.45, 2.75) is 26.3 Å². The molecule has 0 bridgehead atoms. The summed E-state index contributed by atoms with van der Waals surface area (Å²) in [5, 5.41) is 12.0. The third-order valence-corrected chi connectivity index (χ3v) is 2.28. The molecule has 1 rings (SSSR count). The van der Waals surface area contributed by atoms with Gasteiger partial charge in [0.25, 0.3) is 5.91 Å². The molecule has 0 radical (unpaired) electrons. The molecule has 1 unspecified atom stereocenters. The number of benzene rings is 1. The second-order valence-corrected chi connectivity index (χ2v) is 3.56. The van der Waals surface area contributed by atoms with Gasteiger partial charge in [-0.05, 0) is 31.5 Å². The fourth-order valence-corrected chi connectivity index (χ4v) is 1.10. The average molecular weight is 208 g/mol. The molecule has 0 aliphatic carbocycles. The van der Waals surface area contributed by atoms with E-state index < -0.39 is 0 Å². The number of carbonyl (C=O) groups excluding carboxylic acids is 1. The number of nitrogens with two attached hydrogens (primary N) is 1. The van der Waals surface area contributed by atoms with Crippen LogP contribution in [-0.2, 0) is 0 Å². The second kappa shape index (κ2) is 4.68. The molecule has 1 atom stereocenters. The highest BCUT2D eigenvalue weighted by molar-refractivity contribution is 5.95. The summed E-state index contributed by atoms with van der Waals surface area (Å²) in [6.07, 6.45) is 0.874. The molecular formula is C11H16N2O2. The van der Waals surface area contributed by atoms with Gasteiger partial charge in [0.1, 0.15) is 5.75 Å². The van der Waals surface area contributed by atoms with E-state index in [0.717, 1.165) is 6.42 Å². The number of anilines is 1. The summed E-state index contributed by atoms with van der Waals surface area (Å²) < 4.78 is 0. The van der Waals surface area contributed by atoms with Gasteiger partial charge in [0, 0.05) is 11.6 Å². The summed E-state index contributed by atoms with van der Waals surface area (Å²) in [4.78, 5) is 11.6. The smallest absolute Gasteiger partial charge is 0.251 e. The second-order valence-electron chi connectivity index (χ2n) is 3.56. The lowest BCUT2D eigenvalue weighted by Crippen LogP contribution is -2.31. The molecule has 0 aliphatic rings. The van der Waals surface area contributed by atoms with Gasteiger partial charge >= 0.3 is 0 Å². The van der Waals surface area contributed by atoms with E-state index in [1.165, 1.54) is 12.1 Å². The van der Waals surface area contributed by atoms with Crippen LogP contribution in [0.25, 0.3) is 0 Å². The highest BCUT2D eigenvalue weighted by atomic mass is 16.3. The van der Waals surface area contributed by atoms with Crippen molar-refractivity contribution in [3.63, 3.8) is 0 Å². The zero-order chi connectivity index (χ0) is 11.4. The molecule has 1 amide bonds. The molecular weight excluding hydrogens is 192 g/mol. The van der Waals surface area contributed by atoms with Crippen molar-refractivity contribution in [3.05, 3.63) is 23.8 Å². The highest BCUT2D eigenvalue weighted by Gasteiger charge is 2.09. The van der Waals surface area contributed by atoms with Gasteiger partial charge in [-0.15, -0.1) is 0 Å². The Morgan fingerprint density at radius 3 is 2.80 bits per heavy atom. The van der Waals surface area contributed by atoms with E-state index in [1.807, 2.05) is 13.8 Å². The molecule has 0 aromatic heterocycles. The van der Waals surface area contributed by atoms with E-state index in [2.05, 4.69) is 5.32 Å². The predicted molar refractivity (Wildman–Crippen MR) is 59.7 cm³/mol. The van der Waals surface area contributed by atoms with Crippen LogP contribution in [0.1, 0.15) is 30.6 Å². The average Bonchev–Trinajstić information content (AvgIpc) is 2.21. The van der Waals surface area contributed by atoms with Gasteiger partial charge in [-0.3, -0.25) is 4.79 Å². The Kier molecular flexibility index (Phi) is 3.55. The first kappa shape index (κ1) is 11.4. The molecule has 0 spiro atoms. The number of nitrogen functional groups attached to an aromatic ring is 1. The number of hydrogen-bond acceptors (Lipinski definition) is 3. The number of phenols is 1. The van der Waals surface area contributed by atoms with Gasteiger partial charge in [-0.1, -0.05) is 6.92 Å². The van der Waals surface area contributed by atoms with Crippen LogP contribution in [-0.4, -0.2) is 17.1 Å². The lowest BCUT2D eigenvalue weighted by atomic mass is 10.1. The van der Waals surface area contributed by atoms with Crippen molar-refractivity contribution < 1.29 is 9.90 Å². The number of rotatable bonds is 3. The van der Waals surface area contributed by atoms with E-state index in [0.29, 0.717) is 5.56 Å². The zero-order valence-electron chi connectivity index (χ0n) is 8.95. The molecule has 1 aromatic carbocycles. The molecule has 0 heterocycles. The SMILES string of the molecule is CCC(C)NC(=O)c1ccc(O)c(N)c1. The Labute approximate surface area is 89.1 Å². The van der Waals surface area contributed by atoms with Crippen molar-refractivity contribution in [1.82, 2.24) is 5.32 Å². The molecule has 0 fully saturated rings. The van der Waals surface area contributed by atoms with E-state index in [4.69, 9.17) is 5.73 Å². The predicted octanol–water partition coefficient (Wildman–Crippen LogP) is 1.50. The maximum absolute atomic E-state index is 11.6. The van der Waals surface area contributed by atoms with Crippen LogP contribution in [0.2, 0.25) is 0 Å². The lowest BCUT2D eigenvalue weighted by Gasteiger charge is -2.11. The molecule has 4 N–H and O–H groups in total.